The van der Waals surface area contributed by atoms with Gasteiger partial charge in [0, 0.05) is 24.4 Å². The highest BCUT2D eigenvalue weighted by atomic mass is 31.2. The molecule has 1 fully saturated rings. The van der Waals surface area contributed by atoms with Crippen LogP contribution < -0.4 is 15.3 Å². The topological polar surface area (TPSA) is 150 Å². The summed E-state index contributed by atoms with van der Waals surface area (Å²) in [5.74, 6) is -0.940. The summed E-state index contributed by atoms with van der Waals surface area (Å²) in [5, 5.41) is 13.6. The van der Waals surface area contributed by atoms with Crippen LogP contribution in [0.3, 0.4) is 0 Å². The monoisotopic (exact) mass is 481 g/mol. The fraction of sp³-hybridized carbons (Fsp3) is 0.429. The normalized spacial score (nSPS) is 25.1. The van der Waals surface area contributed by atoms with Gasteiger partial charge in [-0.2, -0.15) is 5.09 Å². The first-order valence-corrected chi connectivity index (χ1v) is 11.8. The Bertz CT molecular complexity index is 970. The van der Waals surface area contributed by atoms with Gasteiger partial charge in [-0.15, -0.1) is 0 Å². The maximum absolute atomic E-state index is 13.4. The van der Waals surface area contributed by atoms with Gasteiger partial charge in [-0.05, 0) is 25.5 Å². The molecule has 2 aliphatic rings. The van der Waals surface area contributed by atoms with Gasteiger partial charge in [-0.3, -0.25) is 14.1 Å². The van der Waals surface area contributed by atoms with Crippen molar-refractivity contribution in [3.8, 4) is 5.75 Å². The lowest BCUT2D eigenvalue weighted by molar-refractivity contribution is -0.142. The molecule has 4 atom stereocenters. The number of primary amides is 1. The second kappa shape index (κ2) is 10.5. The first-order valence-electron chi connectivity index (χ1n) is 10.3. The summed E-state index contributed by atoms with van der Waals surface area (Å²) in [6.45, 7) is 1.19. The standard InChI is InChI=1S/C21H28N3O8P/c1-15(20(26)29-2)23-33(28,32-17-8-4-3-5-9-17)31-13-18-11-21(27,14-30-18)24-10-6-7-16(12-24)19(22)25/h3-6,8-10,12,15,18,27H,7,11,13-14H2,1-2H3,(H2,22,25)(H,23,28)/t15-,18-,21?,33?/m0/s1. The maximum Gasteiger partial charge on any atom is 0.459 e. The minimum atomic E-state index is -4.03. The van der Waals surface area contributed by atoms with Gasteiger partial charge in [-0.25, -0.2) is 4.57 Å². The van der Waals surface area contributed by atoms with E-state index >= 15 is 0 Å². The highest BCUT2D eigenvalue weighted by Crippen LogP contribution is 2.46. The third-order valence-corrected chi connectivity index (χ3v) is 6.75. The van der Waals surface area contributed by atoms with Crippen LogP contribution >= 0.6 is 7.75 Å². The lowest BCUT2D eigenvalue weighted by Crippen LogP contribution is -2.45. The minimum absolute atomic E-state index is 0.0796. The Morgan fingerprint density at radius 3 is 2.79 bits per heavy atom. The molecule has 0 aliphatic carbocycles. The predicted molar refractivity (Wildman–Crippen MR) is 117 cm³/mol. The predicted octanol–water partition coefficient (Wildman–Crippen LogP) is 1.41. The first-order chi connectivity index (χ1) is 15.6. The van der Waals surface area contributed by atoms with E-state index in [0.717, 1.165) is 0 Å². The highest BCUT2D eigenvalue weighted by molar-refractivity contribution is 7.52. The van der Waals surface area contributed by atoms with Crippen LogP contribution in [0.1, 0.15) is 19.8 Å². The summed E-state index contributed by atoms with van der Waals surface area (Å²) < 4.78 is 34.8. The molecule has 1 amide bonds. The van der Waals surface area contributed by atoms with Crippen molar-refractivity contribution in [2.24, 2.45) is 5.73 Å². The Morgan fingerprint density at radius 1 is 1.39 bits per heavy atom. The molecule has 0 bridgehead atoms. The molecule has 0 aromatic heterocycles. The zero-order chi connectivity index (χ0) is 24.1. The number of benzene rings is 1. The van der Waals surface area contributed by atoms with Gasteiger partial charge >= 0.3 is 13.7 Å². The van der Waals surface area contributed by atoms with Gasteiger partial charge in [0.1, 0.15) is 11.8 Å². The van der Waals surface area contributed by atoms with Crippen LogP contribution in [-0.2, 0) is 28.2 Å². The Morgan fingerprint density at radius 2 is 2.12 bits per heavy atom. The Hall–Kier alpha value is -2.69. The van der Waals surface area contributed by atoms with Crippen molar-refractivity contribution in [1.29, 1.82) is 0 Å². The molecule has 2 aliphatic heterocycles. The van der Waals surface area contributed by atoms with Crippen LogP contribution in [0.2, 0.25) is 0 Å². The number of nitrogens with zero attached hydrogens (tertiary/aromatic N) is 1. The Balaban J connectivity index is 1.67. The summed E-state index contributed by atoms with van der Waals surface area (Å²) in [5.41, 5.74) is 4.26. The minimum Gasteiger partial charge on any atom is -0.468 e. The van der Waals surface area contributed by atoms with Crippen molar-refractivity contribution in [1.82, 2.24) is 9.99 Å². The molecule has 0 radical (unpaired) electrons. The van der Waals surface area contributed by atoms with E-state index in [4.69, 9.17) is 19.5 Å². The van der Waals surface area contributed by atoms with E-state index in [1.165, 1.54) is 25.1 Å². The van der Waals surface area contributed by atoms with Crippen molar-refractivity contribution in [2.45, 2.75) is 37.6 Å². The fourth-order valence-electron chi connectivity index (χ4n) is 3.36. The third kappa shape index (κ3) is 6.43. The smallest absolute Gasteiger partial charge is 0.459 e. The van der Waals surface area contributed by atoms with Crippen LogP contribution in [-0.4, -0.2) is 60.1 Å². The van der Waals surface area contributed by atoms with E-state index in [2.05, 4.69) is 9.82 Å². The van der Waals surface area contributed by atoms with E-state index in [0.29, 0.717) is 12.0 Å². The van der Waals surface area contributed by atoms with E-state index in [1.54, 1.807) is 42.6 Å². The van der Waals surface area contributed by atoms with Gasteiger partial charge in [0.05, 0.1) is 26.4 Å². The number of carbonyl (C=O) groups is 2. The van der Waals surface area contributed by atoms with Crippen molar-refractivity contribution < 1.29 is 37.8 Å². The van der Waals surface area contributed by atoms with Gasteiger partial charge in [0.2, 0.25) is 5.91 Å². The molecule has 180 valence electrons. The summed E-state index contributed by atoms with van der Waals surface area (Å²) in [6, 6.07) is 7.38. The van der Waals surface area contributed by atoms with Gasteiger partial charge in [0.15, 0.2) is 5.72 Å². The molecule has 4 N–H and O–H groups in total. The van der Waals surface area contributed by atoms with Crippen LogP contribution in [0.4, 0.5) is 0 Å². The number of para-hydroxylation sites is 1. The molecule has 12 heteroatoms. The lowest BCUT2D eigenvalue weighted by atomic mass is 10.1. The largest absolute Gasteiger partial charge is 0.468 e. The average Bonchev–Trinajstić information content (AvgIpc) is 3.20. The molecule has 1 saturated heterocycles. The van der Waals surface area contributed by atoms with Crippen LogP contribution in [0.5, 0.6) is 5.75 Å². The van der Waals surface area contributed by atoms with Crippen molar-refractivity contribution >= 4 is 19.6 Å². The van der Waals surface area contributed by atoms with Crippen molar-refractivity contribution in [3.63, 3.8) is 0 Å². The second-order valence-corrected chi connectivity index (χ2v) is 9.40. The number of allylic oxidation sites excluding steroid dienone is 1. The highest BCUT2D eigenvalue weighted by Gasteiger charge is 2.44. The summed E-state index contributed by atoms with van der Waals surface area (Å²) >= 11 is 0. The van der Waals surface area contributed by atoms with Gasteiger partial charge in [-0.1, -0.05) is 24.3 Å². The average molecular weight is 481 g/mol. The second-order valence-electron chi connectivity index (χ2n) is 7.71. The van der Waals surface area contributed by atoms with Crippen LogP contribution in [0, 0.1) is 0 Å². The zero-order valence-electron chi connectivity index (χ0n) is 18.4. The number of nitrogens with two attached hydrogens (primary N) is 1. The summed E-state index contributed by atoms with van der Waals surface area (Å²) in [7, 11) is -2.81. The lowest BCUT2D eigenvalue weighted by Gasteiger charge is -2.34. The number of rotatable bonds is 10. The number of hydrogen-bond donors (Lipinski definition) is 3. The van der Waals surface area contributed by atoms with E-state index in [-0.39, 0.29) is 25.4 Å². The number of hydrogen-bond acceptors (Lipinski definition) is 9. The SMILES string of the molecule is COC(=O)[C@H](C)NP(=O)(OC[C@@H]1CC(O)(N2C=CCC(C(N)=O)=C2)CO1)Oc1ccccc1. The van der Waals surface area contributed by atoms with E-state index < -0.39 is 37.5 Å². The quantitative estimate of drug-likeness (QED) is 0.331. The molecule has 2 heterocycles. The Kier molecular flexibility index (Phi) is 7.93. The maximum atomic E-state index is 13.4. The molecule has 1 aromatic rings. The molecule has 11 nitrogen and oxygen atoms in total. The molecular formula is C21H28N3O8P. The van der Waals surface area contributed by atoms with E-state index in [9.17, 15) is 19.3 Å². The molecular weight excluding hydrogens is 453 g/mol. The zero-order valence-corrected chi connectivity index (χ0v) is 19.3. The number of carbonyl (C=O) groups excluding carboxylic acids is 2. The molecule has 2 unspecified atom stereocenters. The molecule has 33 heavy (non-hydrogen) atoms. The molecule has 1 aromatic carbocycles. The number of methoxy groups -OCH3 is 1. The number of esters is 1. The number of ether oxygens (including phenoxy) is 2. The summed E-state index contributed by atoms with van der Waals surface area (Å²) in [4.78, 5) is 24.8. The number of amides is 1. The Labute approximate surface area is 191 Å². The number of aliphatic hydroxyl groups is 1. The van der Waals surface area contributed by atoms with Gasteiger partial charge in [0.25, 0.3) is 0 Å². The molecule has 0 saturated carbocycles. The molecule has 0 spiro atoms. The van der Waals surface area contributed by atoms with Crippen LogP contribution in [0.25, 0.3) is 0 Å². The van der Waals surface area contributed by atoms with Crippen LogP contribution in [0.15, 0.2) is 54.4 Å². The molecule has 3 rings (SSSR count). The van der Waals surface area contributed by atoms with Crippen molar-refractivity contribution in [2.75, 3.05) is 20.3 Å². The first kappa shape index (κ1) is 24.9. The van der Waals surface area contributed by atoms with E-state index in [1.807, 2.05) is 0 Å². The number of nitrogens with one attached hydrogen (secondary N) is 1. The van der Waals surface area contributed by atoms with Gasteiger partial charge < -0.3 is 29.7 Å². The third-order valence-electron chi connectivity index (χ3n) is 5.11. The summed E-state index contributed by atoms with van der Waals surface area (Å²) in [6.07, 6.45) is 4.66. The van der Waals surface area contributed by atoms with Crippen molar-refractivity contribution in [3.05, 3.63) is 54.4 Å². The fourth-order valence-corrected chi connectivity index (χ4v) is 4.88.